The van der Waals surface area contributed by atoms with E-state index in [1.807, 2.05) is 0 Å². The Labute approximate surface area is 113 Å². The first kappa shape index (κ1) is 13.1. The molecular formula is C14H23BrN2. The molecule has 1 aromatic heterocycles. The van der Waals surface area contributed by atoms with Gasteiger partial charge in [0.05, 0.1) is 11.7 Å². The van der Waals surface area contributed by atoms with Gasteiger partial charge in [0, 0.05) is 11.0 Å². The van der Waals surface area contributed by atoms with Gasteiger partial charge in [0.1, 0.15) is 0 Å². The van der Waals surface area contributed by atoms with Crippen molar-refractivity contribution in [3.8, 4) is 0 Å². The zero-order chi connectivity index (χ0) is 12.1. The molecule has 0 N–H and O–H groups in total. The number of halogens is 1. The van der Waals surface area contributed by atoms with Crippen molar-refractivity contribution < 1.29 is 0 Å². The average Bonchev–Trinajstić information content (AvgIpc) is 2.78. The van der Waals surface area contributed by atoms with Crippen LogP contribution in [-0.2, 0) is 6.42 Å². The molecule has 0 bridgehead atoms. The lowest BCUT2D eigenvalue weighted by molar-refractivity contribution is 0.328. The quantitative estimate of drug-likeness (QED) is 0.732. The predicted octanol–water partition coefficient (Wildman–Crippen LogP) is 4.49. The van der Waals surface area contributed by atoms with E-state index in [4.69, 9.17) is 5.10 Å². The van der Waals surface area contributed by atoms with Crippen LogP contribution in [0.15, 0.2) is 12.3 Å². The maximum absolute atomic E-state index is 4.73. The van der Waals surface area contributed by atoms with E-state index in [-0.39, 0.29) is 0 Å². The van der Waals surface area contributed by atoms with E-state index < -0.39 is 0 Å². The lowest BCUT2D eigenvalue weighted by Gasteiger charge is -2.21. The largest absolute Gasteiger partial charge is 0.269 e. The van der Waals surface area contributed by atoms with Crippen LogP contribution in [0.1, 0.15) is 63.6 Å². The highest BCUT2D eigenvalue weighted by Crippen LogP contribution is 2.27. The zero-order valence-electron chi connectivity index (χ0n) is 10.7. The highest BCUT2D eigenvalue weighted by Gasteiger charge is 2.15. The molecule has 1 fully saturated rings. The van der Waals surface area contributed by atoms with E-state index in [9.17, 15) is 0 Å². The Hall–Kier alpha value is -0.310. The molecule has 2 nitrogen and oxygen atoms in total. The zero-order valence-corrected chi connectivity index (χ0v) is 12.3. The third-order valence-electron chi connectivity index (χ3n) is 3.65. The molecule has 0 radical (unpaired) electrons. The van der Waals surface area contributed by atoms with Crippen molar-refractivity contribution in [2.45, 2.75) is 69.2 Å². The summed E-state index contributed by atoms with van der Waals surface area (Å²) in [6.45, 7) is 2.21. The third kappa shape index (κ3) is 4.13. The highest BCUT2D eigenvalue weighted by atomic mass is 79.9. The lowest BCUT2D eigenvalue weighted by atomic mass is 9.96. The van der Waals surface area contributed by atoms with Crippen molar-refractivity contribution in [3.05, 3.63) is 18.0 Å². The summed E-state index contributed by atoms with van der Waals surface area (Å²) in [6, 6.07) is 2.88. The van der Waals surface area contributed by atoms with Gasteiger partial charge in [-0.2, -0.15) is 5.10 Å². The fourth-order valence-electron chi connectivity index (χ4n) is 2.62. The van der Waals surface area contributed by atoms with E-state index in [0.717, 1.165) is 6.42 Å². The summed E-state index contributed by atoms with van der Waals surface area (Å²) in [7, 11) is 0. The Morgan fingerprint density at radius 2 is 2.18 bits per heavy atom. The number of aromatic nitrogens is 2. The fourth-order valence-corrected chi connectivity index (χ4v) is 2.95. The molecule has 96 valence electrons. The molecule has 17 heavy (non-hydrogen) atoms. The van der Waals surface area contributed by atoms with Crippen LogP contribution in [0.25, 0.3) is 0 Å². The van der Waals surface area contributed by atoms with E-state index >= 15 is 0 Å². The van der Waals surface area contributed by atoms with Gasteiger partial charge in [0.2, 0.25) is 0 Å². The van der Waals surface area contributed by atoms with E-state index in [1.165, 1.54) is 50.6 Å². The van der Waals surface area contributed by atoms with E-state index in [1.54, 1.807) is 0 Å². The Bertz CT molecular complexity index is 327. The standard InChI is InChI=1S/C14H23BrN2/c1-12(15)6-5-7-13-10-11-17(16-13)14-8-3-2-4-9-14/h10-12,14H,2-9H2,1H3. The van der Waals surface area contributed by atoms with Gasteiger partial charge in [-0.15, -0.1) is 0 Å². The van der Waals surface area contributed by atoms with Crippen LogP contribution in [0, 0.1) is 0 Å². The first-order chi connectivity index (χ1) is 8.25. The number of nitrogens with zero attached hydrogens (tertiary/aromatic N) is 2. The summed E-state index contributed by atoms with van der Waals surface area (Å²) < 4.78 is 2.21. The van der Waals surface area contributed by atoms with Crippen LogP contribution < -0.4 is 0 Å². The number of hydrogen-bond acceptors (Lipinski definition) is 1. The number of alkyl halides is 1. The van der Waals surface area contributed by atoms with E-state index in [0.29, 0.717) is 10.9 Å². The van der Waals surface area contributed by atoms with Crippen molar-refractivity contribution in [1.29, 1.82) is 0 Å². The summed E-state index contributed by atoms with van der Waals surface area (Å²) in [5, 5.41) is 4.73. The van der Waals surface area contributed by atoms with Crippen molar-refractivity contribution in [1.82, 2.24) is 9.78 Å². The smallest absolute Gasteiger partial charge is 0.0624 e. The van der Waals surface area contributed by atoms with Gasteiger partial charge in [0.25, 0.3) is 0 Å². The van der Waals surface area contributed by atoms with Gasteiger partial charge in [-0.05, 0) is 38.2 Å². The summed E-state index contributed by atoms with van der Waals surface area (Å²) >= 11 is 3.59. The van der Waals surface area contributed by atoms with Crippen molar-refractivity contribution in [2.24, 2.45) is 0 Å². The molecule has 1 aromatic rings. The Balaban J connectivity index is 1.82. The average molecular weight is 299 g/mol. The third-order valence-corrected chi connectivity index (χ3v) is 4.11. The van der Waals surface area contributed by atoms with Gasteiger partial charge >= 0.3 is 0 Å². The first-order valence-electron chi connectivity index (χ1n) is 6.94. The first-order valence-corrected chi connectivity index (χ1v) is 7.85. The molecule has 1 aliphatic carbocycles. The van der Waals surface area contributed by atoms with Crippen LogP contribution in [0.2, 0.25) is 0 Å². The fraction of sp³-hybridized carbons (Fsp3) is 0.786. The molecule has 0 spiro atoms. The maximum atomic E-state index is 4.73. The SMILES string of the molecule is CC(Br)CCCc1ccn(C2CCCCC2)n1. The molecule has 0 aliphatic heterocycles. The molecule has 0 saturated heterocycles. The second-order valence-corrected chi connectivity index (χ2v) is 6.82. The summed E-state index contributed by atoms with van der Waals surface area (Å²) in [5.74, 6) is 0. The molecule has 1 saturated carbocycles. The van der Waals surface area contributed by atoms with Gasteiger partial charge in [-0.1, -0.05) is 42.1 Å². The van der Waals surface area contributed by atoms with Crippen molar-refractivity contribution in [2.75, 3.05) is 0 Å². The molecule has 1 heterocycles. The monoisotopic (exact) mass is 298 g/mol. The topological polar surface area (TPSA) is 17.8 Å². The van der Waals surface area contributed by atoms with E-state index in [2.05, 4.69) is 39.8 Å². The summed E-state index contributed by atoms with van der Waals surface area (Å²) in [6.07, 6.45) is 12.6. The van der Waals surface area contributed by atoms with Crippen molar-refractivity contribution in [3.63, 3.8) is 0 Å². The molecular weight excluding hydrogens is 276 g/mol. The second-order valence-electron chi connectivity index (χ2n) is 5.25. The van der Waals surface area contributed by atoms with Gasteiger partial charge in [0.15, 0.2) is 0 Å². The van der Waals surface area contributed by atoms with Crippen LogP contribution in [0.3, 0.4) is 0 Å². The van der Waals surface area contributed by atoms with Crippen LogP contribution in [0.5, 0.6) is 0 Å². The second kappa shape index (κ2) is 6.58. The van der Waals surface area contributed by atoms with Crippen LogP contribution >= 0.6 is 15.9 Å². The normalized spacial score (nSPS) is 19.4. The number of rotatable bonds is 5. The van der Waals surface area contributed by atoms with Gasteiger partial charge < -0.3 is 0 Å². The van der Waals surface area contributed by atoms with Crippen molar-refractivity contribution >= 4 is 15.9 Å². The number of aryl methyl sites for hydroxylation is 1. The molecule has 3 heteroatoms. The minimum atomic E-state index is 0.628. The molecule has 1 aliphatic rings. The number of hydrogen-bond donors (Lipinski definition) is 0. The Morgan fingerprint density at radius 3 is 2.88 bits per heavy atom. The van der Waals surface area contributed by atoms with Crippen LogP contribution in [0.4, 0.5) is 0 Å². The van der Waals surface area contributed by atoms with Gasteiger partial charge in [-0.3, -0.25) is 4.68 Å². The molecule has 1 atom stereocenters. The highest BCUT2D eigenvalue weighted by molar-refractivity contribution is 9.09. The molecule has 0 aromatic carbocycles. The Kier molecular flexibility index (Phi) is 5.08. The molecule has 1 unspecified atom stereocenters. The van der Waals surface area contributed by atoms with Gasteiger partial charge in [-0.25, -0.2) is 0 Å². The Morgan fingerprint density at radius 1 is 1.41 bits per heavy atom. The molecule has 2 rings (SSSR count). The lowest BCUT2D eigenvalue weighted by Crippen LogP contribution is -2.13. The minimum Gasteiger partial charge on any atom is -0.269 e. The molecule has 0 amide bonds. The maximum Gasteiger partial charge on any atom is 0.0624 e. The predicted molar refractivity (Wildman–Crippen MR) is 75.7 cm³/mol. The van der Waals surface area contributed by atoms with Crippen LogP contribution in [-0.4, -0.2) is 14.6 Å². The summed E-state index contributed by atoms with van der Waals surface area (Å²) in [5.41, 5.74) is 1.27. The minimum absolute atomic E-state index is 0.628. The summed E-state index contributed by atoms with van der Waals surface area (Å²) in [4.78, 5) is 0.628.